The third kappa shape index (κ3) is 3.15. The third-order valence-corrected chi connectivity index (χ3v) is 4.18. The fourth-order valence-corrected chi connectivity index (χ4v) is 2.69. The van der Waals surface area contributed by atoms with Crippen molar-refractivity contribution in [3.8, 4) is 0 Å². The lowest BCUT2D eigenvalue weighted by Crippen LogP contribution is -2.42. The fraction of sp³-hybridized carbons (Fsp3) is 0.533. The van der Waals surface area contributed by atoms with Gasteiger partial charge in [-0.1, -0.05) is 6.42 Å². The first-order valence-corrected chi connectivity index (χ1v) is 6.90. The van der Waals surface area contributed by atoms with E-state index in [2.05, 4.69) is 5.32 Å². The van der Waals surface area contributed by atoms with Gasteiger partial charge in [-0.2, -0.15) is 0 Å². The first kappa shape index (κ1) is 14.9. The monoisotopic (exact) mass is 282 g/mol. The minimum Gasteiger partial charge on any atom is -0.349 e. The van der Waals surface area contributed by atoms with E-state index in [1.54, 1.807) is 6.92 Å². The highest BCUT2D eigenvalue weighted by Crippen LogP contribution is 2.42. The van der Waals surface area contributed by atoms with E-state index in [0.29, 0.717) is 13.0 Å². The van der Waals surface area contributed by atoms with Crippen LogP contribution in [0.5, 0.6) is 0 Å². The molecule has 0 aromatic heterocycles. The van der Waals surface area contributed by atoms with E-state index in [1.807, 2.05) is 0 Å². The van der Waals surface area contributed by atoms with E-state index >= 15 is 0 Å². The Morgan fingerprint density at radius 3 is 2.70 bits per heavy atom. The Morgan fingerprint density at radius 2 is 2.15 bits per heavy atom. The van der Waals surface area contributed by atoms with Gasteiger partial charge in [0.15, 0.2) is 0 Å². The lowest BCUT2D eigenvalue weighted by Gasteiger charge is -2.40. The summed E-state index contributed by atoms with van der Waals surface area (Å²) >= 11 is 0. The number of benzene rings is 1. The molecule has 1 amide bonds. The molecule has 1 aromatic rings. The maximum Gasteiger partial charge on any atom is 0.221 e. The van der Waals surface area contributed by atoms with Gasteiger partial charge in [0.25, 0.3) is 0 Å². The van der Waals surface area contributed by atoms with E-state index in [0.717, 1.165) is 37.5 Å². The molecule has 3 nitrogen and oxygen atoms in total. The Bertz CT molecular complexity index is 495. The molecule has 110 valence electrons. The highest BCUT2D eigenvalue weighted by Gasteiger charge is 2.37. The zero-order chi connectivity index (χ0) is 14.8. The standard InChI is InChI=1S/C15H20F2N2O/c1-10(12-7-11(16)3-4-13(12)17)19-14(20)8-15(9-18)5-2-6-15/h3-4,7,10H,2,5-6,8-9,18H2,1H3,(H,19,20). The molecular weight excluding hydrogens is 262 g/mol. The van der Waals surface area contributed by atoms with Crippen LogP contribution in [0.2, 0.25) is 0 Å². The van der Waals surface area contributed by atoms with Gasteiger partial charge in [-0.25, -0.2) is 8.78 Å². The minimum atomic E-state index is -0.562. The molecule has 1 aromatic carbocycles. The second-order valence-corrected chi connectivity index (χ2v) is 5.69. The summed E-state index contributed by atoms with van der Waals surface area (Å²) in [4.78, 5) is 12.0. The lowest BCUT2D eigenvalue weighted by atomic mass is 9.66. The van der Waals surface area contributed by atoms with Gasteiger partial charge >= 0.3 is 0 Å². The predicted octanol–water partition coefficient (Wildman–Crippen LogP) is 2.66. The van der Waals surface area contributed by atoms with Crippen molar-refractivity contribution >= 4 is 5.91 Å². The molecule has 1 aliphatic carbocycles. The van der Waals surface area contributed by atoms with Crippen LogP contribution in [-0.2, 0) is 4.79 Å². The number of rotatable bonds is 5. The van der Waals surface area contributed by atoms with Gasteiger partial charge in [0.2, 0.25) is 5.91 Å². The molecule has 1 unspecified atom stereocenters. The average molecular weight is 282 g/mol. The van der Waals surface area contributed by atoms with Gasteiger partial charge < -0.3 is 11.1 Å². The van der Waals surface area contributed by atoms with Crippen LogP contribution < -0.4 is 11.1 Å². The normalized spacial score (nSPS) is 18.2. The summed E-state index contributed by atoms with van der Waals surface area (Å²) in [6.07, 6.45) is 3.36. The van der Waals surface area contributed by atoms with E-state index in [9.17, 15) is 13.6 Å². The first-order valence-electron chi connectivity index (χ1n) is 6.90. The Hall–Kier alpha value is -1.49. The van der Waals surface area contributed by atoms with Crippen LogP contribution >= 0.6 is 0 Å². The SMILES string of the molecule is CC(NC(=O)CC1(CN)CCC1)c1cc(F)ccc1F. The van der Waals surface area contributed by atoms with Crippen LogP contribution in [-0.4, -0.2) is 12.5 Å². The van der Waals surface area contributed by atoms with Gasteiger partial charge in [-0.15, -0.1) is 0 Å². The average Bonchev–Trinajstić information content (AvgIpc) is 2.36. The summed E-state index contributed by atoms with van der Waals surface area (Å²) < 4.78 is 26.8. The third-order valence-electron chi connectivity index (χ3n) is 4.18. The van der Waals surface area contributed by atoms with Crippen molar-refractivity contribution < 1.29 is 13.6 Å². The largest absolute Gasteiger partial charge is 0.349 e. The quantitative estimate of drug-likeness (QED) is 0.872. The number of hydrogen-bond acceptors (Lipinski definition) is 2. The molecule has 20 heavy (non-hydrogen) atoms. The number of amides is 1. The van der Waals surface area contributed by atoms with Crippen molar-refractivity contribution in [2.24, 2.45) is 11.1 Å². The lowest BCUT2D eigenvalue weighted by molar-refractivity contribution is -0.125. The van der Waals surface area contributed by atoms with E-state index < -0.39 is 17.7 Å². The van der Waals surface area contributed by atoms with Gasteiger partial charge in [0.1, 0.15) is 11.6 Å². The summed E-state index contributed by atoms with van der Waals surface area (Å²) in [5.41, 5.74) is 5.78. The second-order valence-electron chi connectivity index (χ2n) is 5.69. The molecule has 0 aliphatic heterocycles. The summed E-state index contributed by atoms with van der Waals surface area (Å²) in [5.74, 6) is -1.19. The first-order chi connectivity index (χ1) is 9.46. The van der Waals surface area contributed by atoms with Crippen LogP contribution in [0.3, 0.4) is 0 Å². The molecule has 0 bridgehead atoms. The molecule has 2 rings (SSSR count). The van der Waals surface area contributed by atoms with Crippen LogP contribution in [0, 0.1) is 17.0 Å². The van der Waals surface area contributed by atoms with Gasteiger partial charge in [-0.05, 0) is 49.9 Å². The molecule has 1 atom stereocenters. The number of halogens is 2. The highest BCUT2D eigenvalue weighted by atomic mass is 19.1. The predicted molar refractivity (Wildman–Crippen MR) is 72.9 cm³/mol. The molecule has 0 radical (unpaired) electrons. The van der Waals surface area contributed by atoms with E-state index in [-0.39, 0.29) is 16.9 Å². The topological polar surface area (TPSA) is 55.1 Å². The fourth-order valence-electron chi connectivity index (χ4n) is 2.69. The zero-order valence-corrected chi connectivity index (χ0v) is 11.6. The summed E-state index contributed by atoms with van der Waals surface area (Å²) in [5, 5.41) is 2.72. The Morgan fingerprint density at radius 1 is 1.45 bits per heavy atom. The smallest absolute Gasteiger partial charge is 0.221 e. The number of nitrogens with two attached hydrogens (primary N) is 1. The van der Waals surface area contributed by atoms with Crippen LogP contribution in [0.4, 0.5) is 8.78 Å². The highest BCUT2D eigenvalue weighted by molar-refractivity contribution is 5.77. The minimum absolute atomic E-state index is 0.0930. The van der Waals surface area contributed by atoms with Crippen molar-refractivity contribution in [2.45, 2.75) is 38.6 Å². The molecule has 0 spiro atoms. The Balaban J connectivity index is 1.98. The number of hydrogen-bond donors (Lipinski definition) is 2. The van der Waals surface area contributed by atoms with Crippen LogP contribution in [0.1, 0.15) is 44.2 Å². The molecular formula is C15H20F2N2O. The zero-order valence-electron chi connectivity index (χ0n) is 11.6. The van der Waals surface area contributed by atoms with Crippen molar-refractivity contribution in [1.82, 2.24) is 5.32 Å². The van der Waals surface area contributed by atoms with Crippen molar-refractivity contribution in [1.29, 1.82) is 0 Å². The maximum absolute atomic E-state index is 13.6. The molecule has 5 heteroatoms. The number of carbonyl (C=O) groups excluding carboxylic acids is 1. The number of carbonyl (C=O) groups is 1. The number of nitrogens with one attached hydrogen (secondary N) is 1. The van der Waals surface area contributed by atoms with Crippen molar-refractivity contribution in [2.75, 3.05) is 6.54 Å². The summed E-state index contributed by atoms with van der Waals surface area (Å²) in [7, 11) is 0. The van der Waals surface area contributed by atoms with E-state index in [4.69, 9.17) is 5.73 Å². The van der Waals surface area contributed by atoms with Crippen molar-refractivity contribution in [3.63, 3.8) is 0 Å². The van der Waals surface area contributed by atoms with Gasteiger partial charge in [-0.3, -0.25) is 4.79 Å². The van der Waals surface area contributed by atoms with Crippen LogP contribution in [0.25, 0.3) is 0 Å². The second kappa shape index (κ2) is 5.87. The summed E-state index contributed by atoms with van der Waals surface area (Å²) in [6.45, 7) is 2.13. The maximum atomic E-state index is 13.6. The molecule has 3 N–H and O–H groups in total. The molecule has 1 fully saturated rings. The molecule has 1 aliphatic rings. The molecule has 1 saturated carbocycles. The Kier molecular flexibility index (Phi) is 4.38. The van der Waals surface area contributed by atoms with Crippen molar-refractivity contribution in [3.05, 3.63) is 35.4 Å². The molecule has 0 saturated heterocycles. The van der Waals surface area contributed by atoms with Crippen LogP contribution in [0.15, 0.2) is 18.2 Å². The van der Waals surface area contributed by atoms with E-state index in [1.165, 1.54) is 0 Å². The summed E-state index contributed by atoms with van der Waals surface area (Å²) in [6, 6.07) is 2.68. The Labute approximate surface area is 117 Å². The molecule has 0 heterocycles. The van der Waals surface area contributed by atoms with Gasteiger partial charge in [0.05, 0.1) is 6.04 Å². The van der Waals surface area contributed by atoms with Gasteiger partial charge in [0, 0.05) is 12.0 Å².